The normalized spacial score (nSPS) is 11.5. The Morgan fingerprint density at radius 3 is 2.56 bits per heavy atom. The van der Waals surface area contributed by atoms with Gasteiger partial charge in [-0.05, 0) is 44.4 Å². The summed E-state index contributed by atoms with van der Waals surface area (Å²) in [6.45, 7) is 7.03. The molecule has 25 heavy (non-hydrogen) atoms. The summed E-state index contributed by atoms with van der Waals surface area (Å²) in [4.78, 5) is 12.1. The van der Waals surface area contributed by atoms with Crippen LogP contribution in [0.25, 0.3) is 0 Å². The first-order valence-corrected chi connectivity index (χ1v) is 9.54. The van der Waals surface area contributed by atoms with Crippen molar-refractivity contribution in [2.24, 2.45) is 0 Å². The lowest BCUT2D eigenvalue weighted by atomic mass is 10.1. The van der Waals surface area contributed by atoms with E-state index in [1.807, 2.05) is 32.0 Å². The van der Waals surface area contributed by atoms with Crippen molar-refractivity contribution in [2.45, 2.75) is 45.4 Å². The van der Waals surface area contributed by atoms with Gasteiger partial charge in [-0.1, -0.05) is 24.2 Å². The molecule has 0 bridgehead atoms. The maximum atomic E-state index is 12.3. The van der Waals surface area contributed by atoms with Gasteiger partial charge in [-0.3, -0.25) is 4.79 Å². The Kier molecular flexibility index (Phi) is 5.97. The zero-order chi connectivity index (χ0) is 18.6. The van der Waals surface area contributed by atoms with Crippen molar-refractivity contribution in [2.75, 3.05) is 11.9 Å². The van der Waals surface area contributed by atoms with Crippen LogP contribution in [0.3, 0.4) is 0 Å². The highest BCUT2D eigenvalue weighted by Gasteiger charge is 2.23. The van der Waals surface area contributed by atoms with E-state index in [0.717, 1.165) is 23.2 Å². The second-order valence-corrected chi connectivity index (χ2v) is 7.56. The van der Waals surface area contributed by atoms with Gasteiger partial charge in [-0.2, -0.15) is 0 Å². The summed E-state index contributed by atoms with van der Waals surface area (Å²) in [6.07, 6.45) is 0.902. The Morgan fingerprint density at radius 2 is 1.96 bits per heavy atom. The molecule has 0 saturated carbocycles. The fourth-order valence-corrected chi connectivity index (χ4v) is 3.82. The fraction of sp³-hybridized carbons (Fsp3) is 0.412. The zero-order valence-corrected chi connectivity index (χ0v) is 15.7. The van der Waals surface area contributed by atoms with Crippen molar-refractivity contribution in [1.29, 1.82) is 0 Å². The van der Waals surface area contributed by atoms with Crippen molar-refractivity contribution in [1.82, 2.24) is 9.88 Å². The van der Waals surface area contributed by atoms with Crippen molar-refractivity contribution >= 4 is 21.6 Å². The van der Waals surface area contributed by atoms with Crippen LogP contribution in [0.1, 0.15) is 35.9 Å². The molecule has 0 atom stereocenters. The quantitative estimate of drug-likeness (QED) is 0.785. The molecule has 7 nitrogen and oxygen atoms in total. The van der Waals surface area contributed by atoms with Gasteiger partial charge in [0.2, 0.25) is 15.9 Å². The number of carbonyl (C=O) groups excluding carboxylic acids is 1. The molecule has 2 rings (SSSR count). The molecule has 2 N–H and O–H groups in total. The van der Waals surface area contributed by atoms with Crippen LogP contribution in [0.5, 0.6) is 0 Å². The molecule has 0 aliphatic heterocycles. The third kappa shape index (κ3) is 4.67. The Labute approximate surface area is 147 Å². The van der Waals surface area contributed by atoms with Crippen molar-refractivity contribution < 1.29 is 17.7 Å². The van der Waals surface area contributed by atoms with Gasteiger partial charge in [0.05, 0.1) is 0 Å². The van der Waals surface area contributed by atoms with Crippen LogP contribution in [0.2, 0.25) is 0 Å². The fourth-order valence-electron chi connectivity index (χ4n) is 2.47. The van der Waals surface area contributed by atoms with E-state index in [0.29, 0.717) is 5.69 Å². The molecule has 0 fully saturated rings. The Balaban J connectivity index is 1.95. The summed E-state index contributed by atoms with van der Waals surface area (Å²) in [7, 11) is -3.75. The first-order chi connectivity index (χ1) is 11.7. The summed E-state index contributed by atoms with van der Waals surface area (Å²) in [6, 6.07) is 5.90. The first kappa shape index (κ1) is 19.1. The van der Waals surface area contributed by atoms with Crippen LogP contribution < -0.4 is 10.0 Å². The lowest BCUT2D eigenvalue weighted by molar-refractivity contribution is -0.116. The number of sulfonamides is 1. The molecule has 2 aromatic rings. The van der Waals surface area contributed by atoms with Crippen molar-refractivity contribution in [3.8, 4) is 0 Å². The molecule has 0 aliphatic carbocycles. The number of hydrogen-bond donors (Lipinski definition) is 2. The number of anilines is 1. The number of carbonyl (C=O) groups is 1. The number of nitrogens with zero attached hydrogens (tertiary/aromatic N) is 1. The van der Waals surface area contributed by atoms with Gasteiger partial charge in [0.15, 0.2) is 5.76 Å². The molecule has 1 aromatic carbocycles. The van der Waals surface area contributed by atoms with Crippen LogP contribution in [-0.2, 0) is 21.2 Å². The summed E-state index contributed by atoms with van der Waals surface area (Å²) < 4.78 is 31.8. The average Bonchev–Trinajstić information content (AvgIpc) is 2.89. The molecule has 0 aliphatic rings. The number of aryl methyl sites for hydroxylation is 4. The minimum Gasteiger partial charge on any atom is -0.360 e. The van der Waals surface area contributed by atoms with E-state index in [4.69, 9.17) is 4.52 Å². The number of hydrogen-bond acceptors (Lipinski definition) is 5. The average molecular weight is 365 g/mol. The molecule has 0 radical (unpaired) electrons. The van der Waals surface area contributed by atoms with E-state index in [1.165, 1.54) is 6.92 Å². The molecular formula is C17H23N3O4S. The van der Waals surface area contributed by atoms with E-state index in [-0.39, 0.29) is 29.5 Å². The highest BCUT2D eigenvalue weighted by atomic mass is 32.2. The molecule has 0 spiro atoms. The van der Waals surface area contributed by atoms with Gasteiger partial charge < -0.3 is 9.84 Å². The summed E-state index contributed by atoms with van der Waals surface area (Å²) in [5.74, 6) is -0.0285. The van der Waals surface area contributed by atoms with Crippen LogP contribution in [-0.4, -0.2) is 26.0 Å². The van der Waals surface area contributed by atoms with Gasteiger partial charge in [0.25, 0.3) is 0 Å². The maximum absolute atomic E-state index is 12.3. The second kappa shape index (κ2) is 7.79. The summed E-state index contributed by atoms with van der Waals surface area (Å²) in [5, 5.41) is 6.46. The Bertz CT molecular complexity index is 853. The highest BCUT2D eigenvalue weighted by Crippen LogP contribution is 2.19. The minimum atomic E-state index is -3.75. The third-order valence-corrected chi connectivity index (χ3v) is 5.57. The van der Waals surface area contributed by atoms with E-state index >= 15 is 0 Å². The molecule has 1 heterocycles. The predicted octanol–water partition coefficient (Wildman–Crippen LogP) is 2.47. The molecule has 1 aromatic heterocycles. The molecule has 0 unspecified atom stereocenters. The smallest absolute Gasteiger partial charge is 0.245 e. The van der Waals surface area contributed by atoms with Crippen molar-refractivity contribution in [3.63, 3.8) is 0 Å². The van der Waals surface area contributed by atoms with Crippen LogP contribution >= 0.6 is 0 Å². The van der Waals surface area contributed by atoms with E-state index in [2.05, 4.69) is 15.2 Å². The van der Waals surface area contributed by atoms with Gasteiger partial charge in [0.1, 0.15) is 10.6 Å². The molecule has 0 saturated heterocycles. The lowest BCUT2D eigenvalue weighted by Gasteiger charge is -2.10. The number of benzene rings is 1. The predicted molar refractivity (Wildman–Crippen MR) is 95.0 cm³/mol. The van der Waals surface area contributed by atoms with Crippen molar-refractivity contribution in [3.05, 3.63) is 40.8 Å². The van der Waals surface area contributed by atoms with E-state index in [1.54, 1.807) is 6.92 Å². The van der Waals surface area contributed by atoms with Gasteiger partial charge in [0, 0.05) is 18.7 Å². The first-order valence-electron chi connectivity index (χ1n) is 8.06. The Morgan fingerprint density at radius 1 is 1.24 bits per heavy atom. The molecule has 136 valence electrons. The minimum absolute atomic E-state index is 0.00918. The number of amides is 1. The van der Waals surface area contributed by atoms with Crippen LogP contribution in [0, 0.1) is 20.8 Å². The third-order valence-electron chi connectivity index (χ3n) is 3.87. The van der Waals surface area contributed by atoms with Crippen LogP contribution in [0.15, 0.2) is 27.6 Å². The SMILES string of the molecule is CCc1ccc(C)c(NC(=O)CCNS(=O)(=O)c2c(C)noc2C)c1. The molecule has 1 amide bonds. The number of rotatable bonds is 7. The standard InChI is InChI=1S/C17H23N3O4S/c1-5-14-7-6-11(2)15(10-14)19-16(21)8-9-18-25(22,23)17-12(3)20-24-13(17)4/h6-7,10,18H,5,8-9H2,1-4H3,(H,19,21). The van der Waals surface area contributed by atoms with Gasteiger partial charge >= 0.3 is 0 Å². The summed E-state index contributed by atoms with van der Waals surface area (Å²) >= 11 is 0. The van der Waals surface area contributed by atoms with Crippen LogP contribution in [0.4, 0.5) is 5.69 Å². The Hall–Kier alpha value is -2.19. The zero-order valence-electron chi connectivity index (χ0n) is 14.8. The molecular weight excluding hydrogens is 342 g/mol. The van der Waals surface area contributed by atoms with E-state index in [9.17, 15) is 13.2 Å². The van der Waals surface area contributed by atoms with E-state index < -0.39 is 10.0 Å². The maximum Gasteiger partial charge on any atom is 0.245 e. The highest BCUT2D eigenvalue weighted by molar-refractivity contribution is 7.89. The van der Waals surface area contributed by atoms with Gasteiger partial charge in [-0.15, -0.1) is 0 Å². The number of nitrogens with one attached hydrogen (secondary N) is 2. The largest absolute Gasteiger partial charge is 0.360 e. The lowest BCUT2D eigenvalue weighted by Crippen LogP contribution is -2.28. The van der Waals surface area contributed by atoms with Gasteiger partial charge in [-0.25, -0.2) is 13.1 Å². The molecule has 8 heteroatoms. The second-order valence-electron chi connectivity index (χ2n) is 5.85. The monoisotopic (exact) mass is 365 g/mol. The summed E-state index contributed by atoms with van der Waals surface area (Å²) in [5.41, 5.74) is 3.13. The topological polar surface area (TPSA) is 101 Å². The number of aromatic nitrogens is 1.